The van der Waals surface area contributed by atoms with Gasteiger partial charge in [0.25, 0.3) is 5.91 Å². The van der Waals surface area contributed by atoms with Crippen molar-refractivity contribution < 1.29 is 22.8 Å². The van der Waals surface area contributed by atoms with E-state index in [1.165, 1.54) is 17.7 Å². The third-order valence-corrected chi connectivity index (χ3v) is 4.92. The molecule has 0 saturated heterocycles. The topological polar surface area (TPSA) is 74.3 Å². The summed E-state index contributed by atoms with van der Waals surface area (Å²) >= 11 is 0. The third-order valence-electron chi connectivity index (χ3n) is 3.52. The summed E-state index contributed by atoms with van der Waals surface area (Å²) in [6.45, 7) is 0.384. The Morgan fingerprint density at radius 3 is 2.25 bits per heavy atom. The summed E-state index contributed by atoms with van der Waals surface area (Å²) in [5, 5.41) is 0. The second-order valence-corrected chi connectivity index (χ2v) is 8.92. The molecule has 0 unspecified atom stereocenters. The molecule has 2 amide bonds. The zero-order chi connectivity index (χ0) is 20.9. The molecule has 1 heterocycles. The molecule has 2 aromatic rings. The molecular weight excluding hydrogens is 393 g/mol. The number of aromatic nitrogens is 1. The Morgan fingerprint density at radius 2 is 1.75 bits per heavy atom. The summed E-state index contributed by atoms with van der Waals surface area (Å²) in [6.07, 6.45) is -1.95. The van der Waals surface area contributed by atoms with Gasteiger partial charge in [-0.15, -0.1) is 9.39 Å². The number of amides is 2. The number of carbonyl (C=O) groups is 2. The first-order chi connectivity index (χ1) is 13.0. The number of hydrogen-bond donors (Lipinski definition) is 2. The van der Waals surface area contributed by atoms with Crippen LogP contribution in [0.2, 0.25) is 0 Å². The number of alkyl halides is 3. The smallest absolute Gasteiger partial charge is 0.322 e. The van der Waals surface area contributed by atoms with Crippen LogP contribution in [0.5, 0.6) is 0 Å². The van der Waals surface area contributed by atoms with Crippen LogP contribution in [0.1, 0.15) is 16.1 Å². The minimum atomic E-state index is -5.09. The highest BCUT2D eigenvalue weighted by Gasteiger charge is 2.39. The molecule has 0 saturated carbocycles. The van der Waals surface area contributed by atoms with Crippen LogP contribution in [-0.4, -0.2) is 41.0 Å². The quantitative estimate of drug-likeness (QED) is 0.585. The molecule has 0 aliphatic rings. The fourth-order valence-electron chi connectivity index (χ4n) is 2.15. The molecule has 0 fully saturated rings. The highest BCUT2D eigenvalue weighted by molar-refractivity contribution is 8.28. The molecule has 2 rings (SSSR count). The van der Waals surface area contributed by atoms with Gasteiger partial charge in [-0.25, -0.2) is 0 Å². The van der Waals surface area contributed by atoms with Crippen LogP contribution < -0.4 is 15.2 Å². The number of rotatable bonds is 5. The largest absolute Gasteiger partial charge is 0.472 e. The van der Waals surface area contributed by atoms with E-state index in [0.717, 1.165) is 5.69 Å². The van der Waals surface area contributed by atoms with E-state index in [-0.39, 0.29) is 5.56 Å². The minimum Gasteiger partial charge on any atom is -0.322 e. The van der Waals surface area contributed by atoms with E-state index in [0.29, 0.717) is 12.2 Å². The van der Waals surface area contributed by atoms with Crippen LogP contribution in [0.25, 0.3) is 0 Å². The predicted molar refractivity (Wildman–Crippen MR) is 106 cm³/mol. The Labute approximate surface area is 161 Å². The van der Waals surface area contributed by atoms with Crippen LogP contribution in [0.3, 0.4) is 0 Å². The first-order valence-corrected chi connectivity index (χ1v) is 10.2. The van der Waals surface area contributed by atoms with Gasteiger partial charge >= 0.3 is 12.1 Å². The number of benzene rings is 1. The second-order valence-electron chi connectivity index (χ2n) is 6.04. The average molecular weight is 412 g/mol. The molecule has 0 aliphatic carbocycles. The number of pyridine rings is 1. The van der Waals surface area contributed by atoms with E-state index in [9.17, 15) is 22.8 Å². The highest BCUT2D eigenvalue weighted by Crippen LogP contribution is 2.30. The maximum Gasteiger partial charge on any atom is 0.472 e. The molecule has 1 aromatic heterocycles. The Bertz CT molecular complexity index is 943. The zero-order valence-corrected chi connectivity index (χ0v) is 15.8. The van der Waals surface area contributed by atoms with Crippen molar-refractivity contribution in [3.63, 3.8) is 0 Å². The minimum absolute atomic E-state index is 0.00292. The zero-order valence-electron chi connectivity index (χ0n) is 15.0. The number of nitrogens with one attached hydrogen (secondary N) is 2. The van der Waals surface area contributed by atoms with E-state index in [1.54, 1.807) is 11.5 Å². The molecule has 2 N–H and O–H groups in total. The lowest BCUT2D eigenvalue weighted by molar-refractivity contribution is -0.174. The van der Waals surface area contributed by atoms with Crippen LogP contribution in [0, 0.1) is 0 Å². The summed E-state index contributed by atoms with van der Waals surface area (Å²) in [5.41, 5.74) is 4.52. The number of hydrazine groups is 1. The molecular formula is C18H19F3N4O2S. The Kier molecular flexibility index (Phi) is 6.34. The van der Waals surface area contributed by atoms with Crippen molar-refractivity contribution in [2.45, 2.75) is 12.7 Å². The maximum atomic E-state index is 12.1. The number of hydrogen-bond acceptors (Lipinski definition) is 4. The van der Waals surface area contributed by atoms with Gasteiger partial charge in [0.15, 0.2) is 0 Å². The van der Waals surface area contributed by atoms with E-state index < -0.39 is 27.4 Å². The molecule has 1 aromatic carbocycles. The van der Waals surface area contributed by atoms with Crippen molar-refractivity contribution in [3.05, 3.63) is 59.9 Å². The predicted octanol–water partition coefficient (Wildman–Crippen LogP) is 2.62. The summed E-state index contributed by atoms with van der Waals surface area (Å²) in [6, 6.07) is 12.5. The maximum absolute atomic E-state index is 12.1. The first-order valence-electron chi connectivity index (χ1n) is 7.88. The summed E-state index contributed by atoms with van der Waals surface area (Å²) < 4.78 is 38.4. The lowest BCUT2D eigenvalue weighted by Gasteiger charge is -2.30. The molecule has 0 aliphatic heterocycles. The Hall–Kier alpha value is -3.01. The molecule has 0 spiro atoms. The Morgan fingerprint density at radius 1 is 1.11 bits per heavy atom. The van der Waals surface area contributed by atoms with Crippen molar-refractivity contribution >= 4 is 38.6 Å². The molecule has 28 heavy (non-hydrogen) atoms. The lowest BCUT2D eigenvalue weighted by Crippen LogP contribution is -2.47. The third kappa shape index (κ3) is 5.74. The van der Waals surface area contributed by atoms with Crippen molar-refractivity contribution in [2.24, 2.45) is 0 Å². The van der Waals surface area contributed by atoms with Crippen LogP contribution in [-0.2, 0) is 11.3 Å². The lowest BCUT2D eigenvalue weighted by atomic mass is 10.2. The number of carbonyl (C=O) groups excluding carboxylic acids is 2. The van der Waals surface area contributed by atoms with Crippen molar-refractivity contribution in [1.82, 2.24) is 15.8 Å². The van der Waals surface area contributed by atoms with Crippen molar-refractivity contribution in [1.29, 1.82) is 0 Å². The summed E-state index contributed by atoms with van der Waals surface area (Å²) in [5.74, 6) is 5.07. The van der Waals surface area contributed by atoms with Gasteiger partial charge in [0.2, 0.25) is 0 Å². The Balaban J connectivity index is 2.09. The van der Waals surface area contributed by atoms with E-state index >= 15 is 0 Å². The van der Waals surface area contributed by atoms with E-state index in [1.807, 2.05) is 40.9 Å². The van der Waals surface area contributed by atoms with Gasteiger partial charge in [-0.1, -0.05) is 29.9 Å². The van der Waals surface area contributed by atoms with Gasteiger partial charge in [0.1, 0.15) is 0 Å². The average Bonchev–Trinajstić information content (AvgIpc) is 2.63. The standard InChI is InChI=1S/C18H19F3N4O2S/c1-28(2,3)25(15-7-5-4-6-8-15)12-14-10-9-13(11-22-14)16(26)23-24-17(27)18(19,20)21/h4-11H,1-2,12H2,3H3,(H,23,26)(H,24,27). The number of anilines is 1. The molecule has 0 atom stereocenters. The molecule has 150 valence electrons. The summed E-state index contributed by atoms with van der Waals surface area (Å²) in [4.78, 5) is 26.7. The molecule has 0 radical (unpaired) electrons. The van der Waals surface area contributed by atoms with Crippen molar-refractivity contribution in [3.8, 4) is 0 Å². The molecule has 6 nitrogen and oxygen atoms in total. The number of nitrogens with zero attached hydrogens (tertiary/aromatic N) is 2. The van der Waals surface area contributed by atoms with Gasteiger partial charge in [-0.05, 0) is 30.5 Å². The fraction of sp³-hybridized carbons (Fsp3) is 0.167. The van der Waals surface area contributed by atoms with Gasteiger partial charge in [-0.2, -0.15) is 13.2 Å². The van der Waals surface area contributed by atoms with Gasteiger partial charge in [-0.3, -0.25) is 25.4 Å². The van der Waals surface area contributed by atoms with Gasteiger partial charge in [0, 0.05) is 11.9 Å². The van der Waals surface area contributed by atoms with Crippen LogP contribution >= 0.6 is 9.39 Å². The van der Waals surface area contributed by atoms with Gasteiger partial charge < -0.3 is 4.31 Å². The highest BCUT2D eigenvalue weighted by atomic mass is 32.2. The molecule has 10 heteroatoms. The van der Waals surface area contributed by atoms with E-state index in [2.05, 4.69) is 16.7 Å². The molecule has 0 bridgehead atoms. The van der Waals surface area contributed by atoms with Crippen LogP contribution in [0.4, 0.5) is 18.9 Å². The van der Waals surface area contributed by atoms with E-state index in [4.69, 9.17) is 0 Å². The summed E-state index contributed by atoms with van der Waals surface area (Å²) in [7, 11) is -1.61. The van der Waals surface area contributed by atoms with Crippen LogP contribution in [0.15, 0.2) is 48.7 Å². The normalized spacial score (nSPS) is 11.6. The second kappa shape index (κ2) is 8.34. The number of para-hydroxylation sites is 1. The first kappa shape index (κ1) is 21.3. The fourth-order valence-corrected chi connectivity index (χ4v) is 3.23. The van der Waals surface area contributed by atoms with Crippen molar-refractivity contribution in [2.75, 3.05) is 10.6 Å². The SMILES string of the molecule is C=S(=C)(C)N(Cc1ccc(C(=O)NNC(=O)C(F)(F)F)cn1)c1ccccc1. The monoisotopic (exact) mass is 412 g/mol. The number of halogens is 3. The van der Waals surface area contributed by atoms with Gasteiger partial charge in [0.05, 0.1) is 17.8 Å².